The van der Waals surface area contributed by atoms with E-state index in [0.717, 1.165) is 28.5 Å². The van der Waals surface area contributed by atoms with Crippen LogP contribution < -0.4 is 30.2 Å². The van der Waals surface area contributed by atoms with Crippen molar-refractivity contribution in [3.63, 3.8) is 0 Å². The number of imidazole rings is 1. The monoisotopic (exact) mass is 1360 g/mol. The molecule has 2 heterocycles. The Morgan fingerprint density at radius 2 is 0.919 bits per heavy atom. The predicted molar refractivity (Wildman–Crippen MR) is 311 cm³/mol. The van der Waals surface area contributed by atoms with Crippen LogP contribution in [-0.4, -0.2) is 56.0 Å². The second-order valence-corrected chi connectivity index (χ2v) is 31.5. The van der Waals surface area contributed by atoms with Crippen LogP contribution in [0, 0.1) is 12.1 Å². The van der Waals surface area contributed by atoms with Crippen LogP contribution in [0.1, 0.15) is 76.0 Å². The smallest absolute Gasteiger partial charge is 0.0602 e. The Hall–Kier alpha value is -6.14. The van der Waals surface area contributed by atoms with Crippen molar-refractivity contribution in [3.05, 3.63) is 266 Å². The third-order valence-electron chi connectivity index (χ3n) is 13.2. The summed E-state index contributed by atoms with van der Waals surface area (Å²) in [5.41, 5.74) is 11.0. The van der Waals surface area contributed by atoms with Gasteiger partial charge in [0, 0.05) is 38.2 Å². The molecule has 9 aromatic carbocycles. The molecule has 0 atom stereocenters. The molecule has 1 aromatic heterocycles. The van der Waals surface area contributed by atoms with Crippen molar-refractivity contribution in [2.45, 2.75) is 59.3 Å². The molecule has 0 fully saturated rings. The average molecular weight is 1360 g/mol. The second kappa shape index (κ2) is 24.5. The zero-order valence-electron chi connectivity index (χ0n) is 42.8. The van der Waals surface area contributed by atoms with Gasteiger partial charge in [0.05, 0.1) is 5.82 Å². The Bertz CT molecular complexity index is 3310. The minimum atomic E-state index is -2.58. The molecule has 367 valence electrons. The fraction of sp³-hybridized carbons (Fsp3) is 0.134. The molecule has 0 saturated carbocycles. The van der Waals surface area contributed by atoms with Gasteiger partial charge in [0.15, 0.2) is 0 Å². The largest absolute Gasteiger partial charge is 0.340 e. The number of para-hydroxylation sites is 4. The van der Waals surface area contributed by atoms with Crippen molar-refractivity contribution in [2.75, 3.05) is 0 Å². The number of benzene rings is 9. The van der Waals surface area contributed by atoms with Crippen LogP contribution >= 0.6 is 0 Å². The van der Waals surface area contributed by atoms with Gasteiger partial charge in [-0.25, -0.2) is 0 Å². The summed E-state index contributed by atoms with van der Waals surface area (Å²) >= 11 is -5.16. The first kappa shape index (κ1) is 52.7. The predicted octanol–water partition coefficient (Wildman–Crippen LogP) is 12.1. The van der Waals surface area contributed by atoms with E-state index in [1.807, 2.05) is 36.5 Å². The molecule has 0 amide bonds. The molecule has 0 N–H and O–H groups in total. The van der Waals surface area contributed by atoms with Crippen LogP contribution in [0.4, 0.5) is 22.7 Å². The summed E-state index contributed by atoms with van der Waals surface area (Å²) < 4.78 is 15.5. The molecule has 1 aliphatic rings. The third kappa shape index (κ3) is 11.3. The normalized spacial score (nSPS) is 11.8. The van der Waals surface area contributed by atoms with E-state index in [1.54, 1.807) is 0 Å². The molecule has 7 heteroatoms. The molecule has 0 aliphatic carbocycles. The van der Waals surface area contributed by atoms with Gasteiger partial charge in [0.25, 0.3) is 0 Å². The van der Waals surface area contributed by atoms with Crippen LogP contribution in [0.5, 0.6) is 0 Å². The fourth-order valence-electron chi connectivity index (χ4n) is 9.61. The van der Waals surface area contributed by atoms with Crippen molar-refractivity contribution in [3.8, 4) is 17.1 Å². The maximum atomic E-state index is 4.65. The van der Waals surface area contributed by atoms with Gasteiger partial charge in [-0.3, -0.25) is 4.98 Å². The van der Waals surface area contributed by atoms with Gasteiger partial charge in [-0.2, -0.15) is 0 Å². The number of aromatic nitrogens is 2. The zero-order chi connectivity index (χ0) is 50.3. The number of hydrogen-bond acceptors (Lipinski definition) is 1. The molecule has 74 heavy (non-hydrogen) atoms. The fourth-order valence-corrected chi connectivity index (χ4v) is 24.4. The molecule has 0 bridgehead atoms. The maximum Gasteiger partial charge on any atom is 0.0602 e. The summed E-state index contributed by atoms with van der Waals surface area (Å²) in [7, 11) is 0. The van der Waals surface area contributed by atoms with Gasteiger partial charge in [-0.1, -0.05) is 53.7 Å². The minimum Gasteiger partial charge on any atom is -0.340 e. The van der Waals surface area contributed by atoms with E-state index in [1.165, 1.54) is 49.1 Å². The van der Waals surface area contributed by atoms with E-state index >= 15 is 0 Å². The van der Waals surface area contributed by atoms with E-state index in [9.17, 15) is 0 Å². The second-order valence-electron chi connectivity index (χ2n) is 19.1. The molecule has 0 saturated heterocycles. The van der Waals surface area contributed by atoms with E-state index < -0.39 is 40.4 Å². The molecule has 11 rings (SSSR count). The van der Waals surface area contributed by atoms with Gasteiger partial charge in [0.1, 0.15) is 0 Å². The quantitative estimate of drug-likeness (QED) is 0.0641. The Balaban J connectivity index is 0.000000212. The van der Waals surface area contributed by atoms with Gasteiger partial charge in [-0.15, -0.1) is 35.9 Å². The Labute approximate surface area is 466 Å². The van der Waals surface area contributed by atoms with Crippen molar-refractivity contribution in [1.29, 1.82) is 0 Å². The van der Waals surface area contributed by atoms with Gasteiger partial charge in [0.2, 0.25) is 0 Å². The molecule has 0 spiro atoms. The molecule has 0 unspecified atom stereocenters. The van der Waals surface area contributed by atoms with Crippen molar-refractivity contribution in [2.24, 2.45) is 0 Å². The summed E-state index contributed by atoms with van der Waals surface area (Å²) in [4.78, 5) is 4.65. The summed E-state index contributed by atoms with van der Waals surface area (Å²) in [6.45, 7) is 13.6. The van der Waals surface area contributed by atoms with Gasteiger partial charge >= 0.3 is 294 Å². The summed E-state index contributed by atoms with van der Waals surface area (Å²) in [6, 6.07) is 92.4. The zero-order valence-corrected chi connectivity index (χ0v) is 50.3. The molecular weight excluding hydrogens is 1300 g/mol. The number of hydrogen-bond donors (Lipinski definition) is 0. The Morgan fingerprint density at radius 3 is 1.35 bits per heavy atom. The van der Waals surface area contributed by atoms with E-state index in [4.69, 9.17) is 0 Å². The minimum absolute atomic E-state index is 0. The number of rotatable bonds is 13. The average Bonchev–Trinajstić information content (AvgIpc) is 4.09. The van der Waals surface area contributed by atoms with Crippen molar-refractivity contribution >= 4 is 90.2 Å². The van der Waals surface area contributed by atoms with Crippen LogP contribution in [0.2, 0.25) is 0 Å². The SMILES string of the molecule is C1=[N+](c2[c-]cccc2)c2ccccc2[N+]=1c1[c]([Sb]([c]2ccccc2)[c]2ccccc2)ccc[c]1[Sb]([c]1ccccc1)[c]1ccccc1.CC(C)c1cc(C(C)C)c(-n2ccnc2-c2[c-]cccc2)c(C(C)C)c1.[Ir]. The number of nitrogens with zero attached hydrogens (tertiary/aromatic N) is 4. The summed E-state index contributed by atoms with van der Waals surface area (Å²) in [5, 5.41) is 0. The molecule has 1 radical (unpaired) electrons. The standard InChI is InChI=1S/C24H29N2.C19H11N2.4C6H5.Ir.2Sb/c1-16(2)20-14-21(17(3)4)23(22(15-20)18(5)6)26-13-12-25-24(26)19-10-8-7-9-11-19;1-3-9-16(10-4-1)20-15-21(17-11-5-2-6-12-17)19-14-8-7-13-18(19)20;4*1-2-4-6-5-3-1;;;/h7-10,12-18H,1-6H3;1-9,13-14H;4*1-5H;;;/q-1;+1;;;;;;;. The van der Waals surface area contributed by atoms with Crippen molar-refractivity contribution in [1.82, 2.24) is 18.7 Å². The molecular formula is C67H60IrN4Sb2. The van der Waals surface area contributed by atoms with Crippen LogP contribution in [0.3, 0.4) is 0 Å². The molecule has 10 aromatic rings. The molecule has 4 nitrogen and oxygen atoms in total. The Morgan fingerprint density at radius 1 is 0.473 bits per heavy atom. The Kier molecular flexibility index (Phi) is 17.4. The van der Waals surface area contributed by atoms with Crippen LogP contribution in [-0.2, 0) is 20.1 Å². The van der Waals surface area contributed by atoms with Gasteiger partial charge < -0.3 is 4.57 Å². The summed E-state index contributed by atoms with van der Waals surface area (Å²) in [5.74, 6) is 2.35. The third-order valence-corrected chi connectivity index (χ3v) is 27.3. The van der Waals surface area contributed by atoms with E-state index in [0.29, 0.717) is 17.8 Å². The van der Waals surface area contributed by atoms with Crippen LogP contribution in [0.25, 0.3) is 17.1 Å². The number of fused-ring (bicyclic) bond motifs is 1. The topological polar surface area (TPSA) is 23.8 Å². The first-order valence-electron chi connectivity index (χ1n) is 25.3. The summed E-state index contributed by atoms with van der Waals surface area (Å²) in [6.07, 6.45) is 3.97. The maximum absolute atomic E-state index is 4.65. The van der Waals surface area contributed by atoms with Gasteiger partial charge in [-0.05, 0) is 34.4 Å². The van der Waals surface area contributed by atoms with E-state index in [-0.39, 0.29) is 20.1 Å². The van der Waals surface area contributed by atoms with E-state index in [2.05, 4.69) is 279 Å². The first-order valence-corrected chi connectivity index (χ1v) is 33.0. The first-order chi connectivity index (χ1) is 35.8. The molecule has 1 aliphatic heterocycles. The van der Waals surface area contributed by atoms with Crippen LogP contribution in [0.15, 0.2) is 237 Å². The van der Waals surface area contributed by atoms with Crippen molar-refractivity contribution < 1.29 is 20.1 Å².